The maximum absolute atomic E-state index is 11.2. The number of carbonyl (C=O) groups is 1. The minimum absolute atomic E-state index is 0.253. The maximum atomic E-state index is 11.2. The molecule has 4 heteroatoms. The highest BCUT2D eigenvalue weighted by atomic mass is 16.6. The second-order valence-corrected chi connectivity index (χ2v) is 10.1. The molecule has 2 aliphatic carbocycles. The Labute approximate surface area is 175 Å². The number of carbonyl (C=O) groups excluding carboxylic acids is 1. The van der Waals surface area contributed by atoms with Crippen LogP contribution in [-0.4, -0.2) is 28.6 Å². The van der Waals surface area contributed by atoms with Crippen molar-refractivity contribution >= 4 is 5.97 Å². The van der Waals surface area contributed by atoms with Crippen LogP contribution in [0, 0.1) is 22.7 Å². The fourth-order valence-electron chi connectivity index (χ4n) is 6.09. The van der Waals surface area contributed by atoms with Crippen LogP contribution in [0.15, 0.2) is 35.5 Å². The monoisotopic (exact) mass is 402 g/mol. The first-order valence-electron chi connectivity index (χ1n) is 11.2. The number of cyclic esters (lactones) is 1. The van der Waals surface area contributed by atoms with Gasteiger partial charge in [0, 0.05) is 11.6 Å². The van der Waals surface area contributed by atoms with Gasteiger partial charge in [0.15, 0.2) is 0 Å². The number of fused-ring (bicyclic) bond motifs is 1. The SMILES string of the molecule is C=C1CCCC2C1(C)CCC(C)[C@]2(C)CC/C(C)=C/CC(O)C1=CC(=O)OC1O. The van der Waals surface area contributed by atoms with Crippen LogP contribution in [0.5, 0.6) is 0 Å². The number of ether oxygens (including phenoxy) is 1. The number of rotatable bonds is 6. The van der Waals surface area contributed by atoms with E-state index >= 15 is 0 Å². The van der Waals surface area contributed by atoms with E-state index in [1.165, 1.54) is 49.3 Å². The molecule has 2 saturated carbocycles. The molecule has 3 aliphatic rings. The van der Waals surface area contributed by atoms with Crippen LogP contribution >= 0.6 is 0 Å². The normalized spacial score (nSPS) is 39.0. The summed E-state index contributed by atoms with van der Waals surface area (Å²) in [4.78, 5) is 11.2. The molecule has 162 valence electrons. The van der Waals surface area contributed by atoms with Crippen molar-refractivity contribution in [2.75, 3.05) is 0 Å². The first-order chi connectivity index (χ1) is 13.6. The van der Waals surface area contributed by atoms with E-state index in [4.69, 9.17) is 0 Å². The fraction of sp³-hybridized carbons (Fsp3) is 0.720. The average Bonchev–Trinajstić information content (AvgIpc) is 3.01. The van der Waals surface area contributed by atoms with Crippen LogP contribution in [0.2, 0.25) is 0 Å². The number of allylic oxidation sites excluding steroid dienone is 2. The first-order valence-corrected chi connectivity index (χ1v) is 11.2. The molecule has 0 bridgehead atoms. The zero-order valence-electron chi connectivity index (χ0n) is 18.5. The summed E-state index contributed by atoms with van der Waals surface area (Å²) in [6.07, 6.45) is 9.85. The van der Waals surface area contributed by atoms with Gasteiger partial charge in [-0.3, -0.25) is 0 Å². The molecule has 0 spiro atoms. The zero-order valence-corrected chi connectivity index (χ0v) is 18.5. The Kier molecular flexibility index (Phi) is 6.45. The van der Waals surface area contributed by atoms with E-state index in [0.717, 1.165) is 12.8 Å². The number of hydrogen-bond donors (Lipinski definition) is 2. The molecule has 0 radical (unpaired) electrons. The van der Waals surface area contributed by atoms with E-state index in [-0.39, 0.29) is 11.0 Å². The number of aliphatic hydroxyl groups excluding tert-OH is 2. The molecule has 0 aromatic heterocycles. The van der Waals surface area contributed by atoms with E-state index < -0.39 is 18.4 Å². The third-order valence-corrected chi connectivity index (χ3v) is 8.50. The molecule has 4 nitrogen and oxygen atoms in total. The molecule has 1 heterocycles. The van der Waals surface area contributed by atoms with Crippen molar-refractivity contribution in [2.24, 2.45) is 22.7 Å². The van der Waals surface area contributed by atoms with Gasteiger partial charge in [-0.25, -0.2) is 4.79 Å². The Morgan fingerprint density at radius 3 is 2.79 bits per heavy atom. The van der Waals surface area contributed by atoms with Crippen LogP contribution in [0.1, 0.15) is 79.1 Å². The van der Waals surface area contributed by atoms with Crippen molar-refractivity contribution < 1.29 is 19.7 Å². The van der Waals surface area contributed by atoms with Crippen molar-refractivity contribution in [3.8, 4) is 0 Å². The lowest BCUT2D eigenvalue weighted by molar-refractivity contribution is -0.151. The highest BCUT2D eigenvalue weighted by Gasteiger charge is 2.53. The summed E-state index contributed by atoms with van der Waals surface area (Å²) in [5.74, 6) is 0.802. The summed E-state index contributed by atoms with van der Waals surface area (Å²) in [5, 5.41) is 20.0. The summed E-state index contributed by atoms with van der Waals surface area (Å²) in [5.41, 5.74) is 3.55. The standard InChI is InChI=1S/C25H38O4/c1-16(9-10-20(26)19-15-22(27)29-23(19)28)11-13-24(4)18(3)12-14-25(5)17(2)7-6-8-21(24)25/h9,15,18,20-21,23,26,28H,2,6-8,10-14H2,1,3-5H3/b16-9+/t18?,20?,21?,23?,24-,25?/m0/s1. The second kappa shape index (κ2) is 8.39. The lowest BCUT2D eigenvalue weighted by Gasteiger charge is -2.59. The third-order valence-electron chi connectivity index (χ3n) is 8.50. The van der Waals surface area contributed by atoms with Crippen LogP contribution in [0.25, 0.3) is 0 Å². The molecule has 0 aromatic rings. The van der Waals surface area contributed by atoms with Crippen molar-refractivity contribution in [2.45, 2.75) is 91.5 Å². The molecule has 0 amide bonds. The van der Waals surface area contributed by atoms with Gasteiger partial charge in [-0.2, -0.15) is 0 Å². The van der Waals surface area contributed by atoms with Gasteiger partial charge in [0.2, 0.25) is 6.29 Å². The van der Waals surface area contributed by atoms with Crippen molar-refractivity contribution in [1.82, 2.24) is 0 Å². The second-order valence-electron chi connectivity index (χ2n) is 10.1. The molecule has 0 aromatic carbocycles. The Balaban J connectivity index is 1.64. The Hall–Kier alpha value is -1.39. The predicted molar refractivity (Wildman–Crippen MR) is 115 cm³/mol. The number of esters is 1. The molecular formula is C25H38O4. The molecular weight excluding hydrogens is 364 g/mol. The number of aliphatic hydroxyl groups is 2. The zero-order chi connectivity index (χ0) is 21.4. The molecule has 29 heavy (non-hydrogen) atoms. The van der Waals surface area contributed by atoms with Gasteiger partial charge in [-0.15, -0.1) is 0 Å². The molecule has 5 unspecified atom stereocenters. The minimum Gasteiger partial charge on any atom is -0.429 e. The van der Waals surface area contributed by atoms with Crippen LogP contribution in [0.4, 0.5) is 0 Å². The van der Waals surface area contributed by atoms with E-state index in [2.05, 4.69) is 39.0 Å². The predicted octanol–water partition coefficient (Wildman–Crippen LogP) is 5.06. The topological polar surface area (TPSA) is 66.8 Å². The lowest BCUT2D eigenvalue weighted by atomic mass is 9.46. The molecule has 3 rings (SSSR count). The molecule has 1 aliphatic heterocycles. The van der Waals surface area contributed by atoms with Gasteiger partial charge >= 0.3 is 5.97 Å². The minimum atomic E-state index is -1.31. The van der Waals surface area contributed by atoms with E-state index in [0.29, 0.717) is 23.7 Å². The summed E-state index contributed by atoms with van der Waals surface area (Å²) >= 11 is 0. The van der Waals surface area contributed by atoms with Crippen LogP contribution in [0.3, 0.4) is 0 Å². The lowest BCUT2D eigenvalue weighted by Crippen LogP contribution is -2.50. The van der Waals surface area contributed by atoms with Gasteiger partial charge in [0.25, 0.3) is 0 Å². The van der Waals surface area contributed by atoms with Crippen molar-refractivity contribution in [3.05, 3.63) is 35.5 Å². The number of hydrogen-bond acceptors (Lipinski definition) is 4. The third kappa shape index (κ3) is 4.25. The molecule has 0 saturated heterocycles. The summed E-state index contributed by atoms with van der Waals surface area (Å²) in [7, 11) is 0. The molecule has 2 N–H and O–H groups in total. The van der Waals surface area contributed by atoms with Gasteiger partial charge in [-0.1, -0.05) is 44.6 Å². The average molecular weight is 403 g/mol. The van der Waals surface area contributed by atoms with Crippen LogP contribution in [-0.2, 0) is 9.53 Å². The van der Waals surface area contributed by atoms with Crippen molar-refractivity contribution in [3.63, 3.8) is 0 Å². The summed E-state index contributed by atoms with van der Waals surface area (Å²) < 4.78 is 4.66. The largest absolute Gasteiger partial charge is 0.429 e. The van der Waals surface area contributed by atoms with Crippen molar-refractivity contribution in [1.29, 1.82) is 0 Å². The van der Waals surface area contributed by atoms with Gasteiger partial charge < -0.3 is 14.9 Å². The van der Waals surface area contributed by atoms with Gasteiger partial charge in [0.05, 0.1) is 6.10 Å². The first kappa shape index (κ1) is 22.3. The van der Waals surface area contributed by atoms with Gasteiger partial charge in [-0.05, 0) is 81.0 Å². The molecule has 6 atom stereocenters. The smallest absolute Gasteiger partial charge is 0.333 e. The highest BCUT2D eigenvalue weighted by Crippen LogP contribution is 2.62. The van der Waals surface area contributed by atoms with E-state index in [1.807, 2.05) is 6.08 Å². The van der Waals surface area contributed by atoms with E-state index in [1.54, 1.807) is 0 Å². The van der Waals surface area contributed by atoms with Gasteiger partial charge in [0.1, 0.15) is 0 Å². The fourth-order valence-corrected chi connectivity index (χ4v) is 6.09. The maximum Gasteiger partial charge on any atom is 0.333 e. The quantitative estimate of drug-likeness (QED) is 0.481. The Morgan fingerprint density at radius 2 is 2.14 bits per heavy atom. The van der Waals surface area contributed by atoms with E-state index in [9.17, 15) is 15.0 Å². The highest BCUT2D eigenvalue weighted by molar-refractivity contribution is 5.85. The van der Waals surface area contributed by atoms with Crippen LogP contribution < -0.4 is 0 Å². The summed E-state index contributed by atoms with van der Waals surface area (Å²) in [6.45, 7) is 13.9. The summed E-state index contributed by atoms with van der Waals surface area (Å²) in [6, 6.07) is 0. The Bertz CT molecular complexity index is 720. The molecule has 2 fully saturated rings. The Morgan fingerprint density at radius 1 is 1.41 bits per heavy atom.